The van der Waals surface area contributed by atoms with E-state index < -0.39 is 0 Å². The summed E-state index contributed by atoms with van der Waals surface area (Å²) in [6.45, 7) is 2.55. The van der Waals surface area contributed by atoms with Crippen LogP contribution in [0.3, 0.4) is 0 Å². The first-order valence-electron chi connectivity index (χ1n) is 8.01. The van der Waals surface area contributed by atoms with Crippen LogP contribution in [-0.2, 0) is 0 Å². The van der Waals surface area contributed by atoms with E-state index >= 15 is 0 Å². The summed E-state index contributed by atoms with van der Waals surface area (Å²) in [5.41, 5.74) is 2.80. The van der Waals surface area contributed by atoms with Crippen molar-refractivity contribution in [3.8, 4) is 23.1 Å². The Bertz CT molecular complexity index is 940. The molecule has 0 saturated heterocycles. The fourth-order valence-electron chi connectivity index (χ4n) is 2.26. The number of hydrogen-bond donors (Lipinski definition) is 1. The van der Waals surface area contributed by atoms with E-state index in [1.807, 2.05) is 36.6 Å². The van der Waals surface area contributed by atoms with Crippen LogP contribution in [0, 0.1) is 17.1 Å². The minimum Gasteiger partial charge on any atom is -0.494 e. The number of nitrogens with zero attached hydrogens (tertiary/aromatic N) is 2. The molecule has 0 aliphatic carbocycles. The van der Waals surface area contributed by atoms with Gasteiger partial charge in [-0.1, -0.05) is 0 Å². The quantitative estimate of drug-likeness (QED) is 0.600. The molecule has 26 heavy (non-hydrogen) atoms. The van der Waals surface area contributed by atoms with E-state index in [4.69, 9.17) is 4.74 Å². The highest BCUT2D eigenvalue weighted by Gasteiger charge is 2.09. The van der Waals surface area contributed by atoms with E-state index in [0.29, 0.717) is 22.9 Å². The Morgan fingerprint density at radius 1 is 1.23 bits per heavy atom. The van der Waals surface area contributed by atoms with Gasteiger partial charge in [0.25, 0.3) is 0 Å². The highest BCUT2D eigenvalue weighted by atomic mass is 32.1. The summed E-state index contributed by atoms with van der Waals surface area (Å²) in [5, 5.41) is 15.0. The number of nitriles is 1. The molecule has 0 amide bonds. The van der Waals surface area contributed by atoms with Gasteiger partial charge in [-0.05, 0) is 55.5 Å². The molecular weight excluding hydrogens is 349 g/mol. The molecule has 1 aromatic heterocycles. The van der Waals surface area contributed by atoms with Crippen molar-refractivity contribution in [1.82, 2.24) is 4.98 Å². The predicted octanol–water partition coefficient (Wildman–Crippen LogP) is 5.32. The van der Waals surface area contributed by atoms with Gasteiger partial charge in [0.2, 0.25) is 0 Å². The van der Waals surface area contributed by atoms with Crippen molar-refractivity contribution in [3.63, 3.8) is 0 Å². The van der Waals surface area contributed by atoms with Crippen molar-refractivity contribution in [2.45, 2.75) is 6.92 Å². The number of thiazole rings is 1. The molecule has 0 spiro atoms. The SMILES string of the molecule is CCOc1ccc(N/C=C(/C#N)c2nc(-c3ccc(F)cc3)cs2)cc1. The molecule has 0 saturated carbocycles. The fraction of sp³-hybridized carbons (Fsp3) is 0.100. The molecule has 130 valence electrons. The van der Waals surface area contributed by atoms with Crippen LogP contribution in [0.25, 0.3) is 16.8 Å². The third-order valence-corrected chi connectivity index (χ3v) is 4.42. The van der Waals surface area contributed by atoms with Crippen molar-refractivity contribution in [3.05, 3.63) is 70.9 Å². The van der Waals surface area contributed by atoms with Gasteiger partial charge in [0.1, 0.15) is 28.2 Å². The molecule has 0 atom stereocenters. The summed E-state index contributed by atoms with van der Waals surface area (Å²) in [4.78, 5) is 4.48. The minimum absolute atomic E-state index is 0.290. The zero-order chi connectivity index (χ0) is 18.4. The Morgan fingerprint density at radius 3 is 2.62 bits per heavy atom. The van der Waals surface area contributed by atoms with Gasteiger partial charge in [-0.25, -0.2) is 9.37 Å². The van der Waals surface area contributed by atoms with Crippen molar-refractivity contribution >= 4 is 22.6 Å². The Kier molecular flexibility index (Phi) is 5.62. The topological polar surface area (TPSA) is 57.9 Å². The summed E-state index contributed by atoms with van der Waals surface area (Å²) in [6, 6.07) is 15.8. The molecule has 0 radical (unpaired) electrons. The summed E-state index contributed by atoms with van der Waals surface area (Å²) < 4.78 is 18.4. The summed E-state index contributed by atoms with van der Waals surface area (Å²) in [6.07, 6.45) is 1.63. The number of allylic oxidation sites excluding steroid dienone is 1. The zero-order valence-electron chi connectivity index (χ0n) is 14.1. The number of rotatable bonds is 6. The molecule has 1 heterocycles. The second-order valence-corrected chi connectivity index (χ2v) is 6.17. The Hall–Kier alpha value is -3.17. The van der Waals surface area contributed by atoms with Crippen molar-refractivity contribution in [2.75, 3.05) is 11.9 Å². The lowest BCUT2D eigenvalue weighted by Crippen LogP contribution is -1.93. The number of nitrogens with one attached hydrogen (secondary N) is 1. The van der Waals surface area contributed by atoms with E-state index in [-0.39, 0.29) is 5.82 Å². The predicted molar refractivity (Wildman–Crippen MR) is 102 cm³/mol. The van der Waals surface area contributed by atoms with E-state index in [2.05, 4.69) is 16.4 Å². The third-order valence-electron chi connectivity index (χ3n) is 3.54. The third kappa shape index (κ3) is 4.26. The van der Waals surface area contributed by atoms with Gasteiger partial charge in [-0.15, -0.1) is 11.3 Å². The first-order valence-corrected chi connectivity index (χ1v) is 8.89. The molecule has 3 rings (SSSR count). The van der Waals surface area contributed by atoms with E-state index in [9.17, 15) is 9.65 Å². The molecule has 0 bridgehead atoms. The van der Waals surface area contributed by atoms with Gasteiger partial charge < -0.3 is 10.1 Å². The number of halogens is 1. The Labute approximate surface area is 155 Å². The van der Waals surface area contributed by atoms with Crippen molar-refractivity contribution < 1.29 is 9.13 Å². The van der Waals surface area contributed by atoms with Gasteiger partial charge >= 0.3 is 0 Å². The first-order chi connectivity index (χ1) is 12.7. The van der Waals surface area contributed by atoms with Gasteiger partial charge in [0.15, 0.2) is 0 Å². The van der Waals surface area contributed by atoms with Crippen LogP contribution in [-0.4, -0.2) is 11.6 Å². The zero-order valence-corrected chi connectivity index (χ0v) is 14.9. The first kappa shape index (κ1) is 17.6. The lowest BCUT2D eigenvalue weighted by Gasteiger charge is -2.05. The maximum atomic E-state index is 13.0. The lowest BCUT2D eigenvalue weighted by atomic mass is 10.2. The summed E-state index contributed by atoms with van der Waals surface area (Å²) in [5.74, 6) is 0.507. The van der Waals surface area contributed by atoms with Crippen LogP contribution in [0.1, 0.15) is 11.9 Å². The monoisotopic (exact) mass is 365 g/mol. The molecule has 0 aliphatic heterocycles. The average Bonchev–Trinajstić information content (AvgIpc) is 3.14. The standard InChI is InChI=1S/C20H16FN3OS/c1-2-25-18-9-7-17(8-10-18)23-12-15(11-22)20-24-19(13-26-20)14-3-5-16(21)6-4-14/h3-10,12-13,23H,2H2,1H3/b15-12-. The van der Waals surface area contributed by atoms with Crippen LogP contribution in [0.4, 0.5) is 10.1 Å². The largest absolute Gasteiger partial charge is 0.494 e. The van der Waals surface area contributed by atoms with E-state index in [0.717, 1.165) is 17.0 Å². The number of hydrogen-bond acceptors (Lipinski definition) is 5. The maximum Gasteiger partial charge on any atom is 0.136 e. The molecule has 1 N–H and O–H groups in total. The highest BCUT2D eigenvalue weighted by Crippen LogP contribution is 2.26. The van der Waals surface area contributed by atoms with E-state index in [1.54, 1.807) is 18.3 Å². The van der Waals surface area contributed by atoms with Crippen molar-refractivity contribution in [1.29, 1.82) is 5.26 Å². The minimum atomic E-state index is -0.290. The fourth-order valence-corrected chi connectivity index (χ4v) is 3.06. The van der Waals surface area contributed by atoms with E-state index in [1.165, 1.54) is 23.5 Å². The molecule has 3 aromatic rings. The van der Waals surface area contributed by atoms with Crippen molar-refractivity contribution in [2.24, 2.45) is 0 Å². The molecular formula is C20H16FN3OS. The highest BCUT2D eigenvalue weighted by molar-refractivity contribution is 7.11. The number of anilines is 1. The number of ether oxygens (including phenoxy) is 1. The molecule has 0 aliphatic rings. The summed E-state index contributed by atoms with van der Waals surface area (Å²) >= 11 is 1.37. The molecule has 0 unspecified atom stereocenters. The Morgan fingerprint density at radius 2 is 1.96 bits per heavy atom. The van der Waals surface area contributed by atoms with Crippen LogP contribution < -0.4 is 10.1 Å². The normalized spacial score (nSPS) is 11.0. The molecule has 4 nitrogen and oxygen atoms in total. The Balaban J connectivity index is 1.75. The van der Waals surface area contributed by atoms with Crippen LogP contribution in [0.5, 0.6) is 5.75 Å². The average molecular weight is 365 g/mol. The maximum absolute atomic E-state index is 13.0. The smallest absolute Gasteiger partial charge is 0.136 e. The summed E-state index contributed by atoms with van der Waals surface area (Å²) in [7, 11) is 0. The van der Waals surface area contributed by atoms with Gasteiger partial charge in [-0.3, -0.25) is 0 Å². The molecule has 6 heteroatoms. The molecule has 0 fully saturated rings. The second-order valence-electron chi connectivity index (χ2n) is 5.32. The number of benzene rings is 2. The van der Waals surface area contributed by atoms with Crippen LogP contribution in [0.2, 0.25) is 0 Å². The second kappa shape index (κ2) is 8.28. The molecule has 2 aromatic carbocycles. The van der Waals surface area contributed by atoms with Crippen LogP contribution in [0.15, 0.2) is 60.1 Å². The lowest BCUT2D eigenvalue weighted by molar-refractivity contribution is 0.340. The van der Waals surface area contributed by atoms with Gasteiger partial charge in [0.05, 0.1) is 12.3 Å². The number of aromatic nitrogens is 1. The van der Waals surface area contributed by atoms with Gasteiger partial charge in [0, 0.05) is 22.8 Å². The van der Waals surface area contributed by atoms with Crippen LogP contribution >= 0.6 is 11.3 Å². The van der Waals surface area contributed by atoms with Gasteiger partial charge in [-0.2, -0.15) is 5.26 Å².